The average molecular weight is 420 g/mol. The third-order valence-electron chi connectivity index (χ3n) is 4.63. The van der Waals surface area contributed by atoms with Crippen molar-refractivity contribution in [2.24, 2.45) is 0 Å². The third-order valence-corrected chi connectivity index (χ3v) is 6.64. The molecule has 1 saturated heterocycles. The van der Waals surface area contributed by atoms with E-state index in [1.807, 2.05) is 0 Å². The van der Waals surface area contributed by atoms with Crippen molar-refractivity contribution in [3.8, 4) is 6.07 Å². The Morgan fingerprint density at radius 2 is 2.03 bits per heavy atom. The van der Waals surface area contributed by atoms with Crippen LogP contribution in [0.3, 0.4) is 0 Å². The van der Waals surface area contributed by atoms with E-state index in [0.29, 0.717) is 18.8 Å². The van der Waals surface area contributed by atoms with Gasteiger partial charge in [0.1, 0.15) is 28.1 Å². The minimum Gasteiger partial charge on any atom is -0.455 e. The van der Waals surface area contributed by atoms with Crippen molar-refractivity contribution in [3.63, 3.8) is 0 Å². The molecule has 0 bridgehead atoms. The molecule has 29 heavy (non-hydrogen) atoms. The Balaban J connectivity index is 1.60. The van der Waals surface area contributed by atoms with E-state index in [2.05, 4.69) is 10.6 Å². The zero-order chi connectivity index (χ0) is 21.0. The number of amides is 1. The second-order valence-corrected chi connectivity index (χ2v) is 8.51. The zero-order valence-corrected chi connectivity index (χ0v) is 16.7. The lowest BCUT2D eigenvalue weighted by atomic mass is 10.2. The van der Waals surface area contributed by atoms with Gasteiger partial charge >= 0.3 is 0 Å². The first-order valence-electron chi connectivity index (χ1n) is 9.16. The number of hydrogen-bond donors (Lipinski definition) is 2. The van der Waals surface area contributed by atoms with Gasteiger partial charge < -0.3 is 15.1 Å². The van der Waals surface area contributed by atoms with Crippen LogP contribution >= 0.6 is 0 Å². The normalized spacial score (nSPS) is 14.5. The molecule has 0 spiro atoms. The highest BCUT2D eigenvalue weighted by atomic mass is 32.2. The Morgan fingerprint density at radius 1 is 1.31 bits per heavy atom. The van der Waals surface area contributed by atoms with Gasteiger partial charge in [0.05, 0.1) is 5.69 Å². The SMILES string of the molecule is Cc1oc(C(=O)NCCNc2cccc(F)c2C#N)cc1S(=O)(=O)N1CCCC1. The number of nitriles is 1. The van der Waals surface area contributed by atoms with E-state index >= 15 is 0 Å². The number of carbonyl (C=O) groups is 1. The molecule has 1 aliphatic heterocycles. The zero-order valence-electron chi connectivity index (χ0n) is 15.9. The van der Waals surface area contributed by atoms with Crippen LogP contribution in [-0.4, -0.2) is 44.8 Å². The monoisotopic (exact) mass is 420 g/mol. The Hall–Kier alpha value is -2.90. The molecule has 2 N–H and O–H groups in total. The largest absolute Gasteiger partial charge is 0.455 e. The number of halogens is 1. The van der Waals surface area contributed by atoms with Crippen LogP contribution in [0.15, 0.2) is 33.6 Å². The van der Waals surface area contributed by atoms with Crippen molar-refractivity contribution in [2.45, 2.75) is 24.7 Å². The van der Waals surface area contributed by atoms with Crippen LogP contribution in [0.1, 0.15) is 34.7 Å². The van der Waals surface area contributed by atoms with Gasteiger partial charge in [-0.3, -0.25) is 4.79 Å². The van der Waals surface area contributed by atoms with Crippen molar-refractivity contribution in [2.75, 3.05) is 31.5 Å². The Bertz CT molecular complexity index is 1050. The number of rotatable bonds is 7. The predicted octanol–water partition coefficient (Wildman–Crippen LogP) is 2.23. The van der Waals surface area contributed by atoms with Crippen LogP contribution in [-0.2, 0) is 10.0 Å². The third kappa shape index (κ3) is 4.41. The van der Waals surface area contributed by atoms with Gasteiger partial charge in [-0.05, 0) is 31.9 Å². The highest BCUT2D eigenvalue weighted by molar-refractivity contribution is 7.89. The molecule has 2 heterocycles. The standard InChI is InChI=1S/C19H21FN4O4S/c1-13-18(29(26,27)24-9-2-3-10-24)11-17(28-13)19(25)23-8-7-22-16-6-4-5-15(20)14(16)12-21/h4-6,11,22H,2-3,7-10H2,1H3,(H,23,25). The molecule has 1 aromatic heterocycles. The van der Waals surface area contributed by atoms with Gasteiger partial charge in [0.2, 0.25) is 10.0 Å². The van der Waals surface area contributed by atoms with Crippen LogP contribution in [0.5, 0.6) is 0 Å². The van der Waals surface area contributed by atoms with E-state index < -0.39 is 21.7 Å². The van der Waals surface area contributed by atoms with Crippen molar-refractivity contribution in [1.29, 1.82) is 5.26 Å². The number of benzene rings is 1. The van der Waals surface area contributed by atoms with Crippen LogP contribution in [0.25, 0.3) is 0 Å². The van der Waals surface area contributed by atoms with E-state index in [9.17, 15) is 17.6 Å². The lowest BCUT2D eigenvalue weighted by molar-refractivity contribution is 0.0926. The number of sulfonamides is 1. The molecule has 0 saturated carbocycles. The molecule has 0 aliphatic carbocycles. The molecule has 0 atom stereocenters. The fourth-order valence-corrected chi connectivity index (χ4v) is 4.82. The van der Waals surface area contributed by atoms with Crippen LogP contribution in [0.4, 0.5) is 10.1 Å². The number of nitrogens with zero attached hydrogens (tertiary/aromatic N) is 2. The minimum absolute atomic E-state index is 0.00102. The van der Waals surface area contributed by atoms with Gasteiger partial charge in [-0.2, -0.15) is 9.57 Å². The highest BCUT2D eigenvalue weighted by Gasteiger charge is 2.31. The van der Waals surface area contributed by atoms with E-state index in [1.54, 1.807) is 12.1 Å². The molecule has 8 nitrogen and oxygen atoms in total. The number of furan rings is 1. The predicted molar refractivity (Wildman–Crippen MR) is 103 cm³/mol. The summed E-state index contributed by atoms with van der Waals surface area (Å²) in [6.07, 6.45) is 1.63. The first-order chi connectivity index (χ1) is 13.8. The van der Waals surface area contributed by atoms with Gasteiger partial charge in [-0.15, -0.1) is 0 Å². The molecule has 1 aliphatic rings. The van der Waals surface area contributed by atoms with Crippen molar-refractivity contribution < 1.29 is 22.0 Å². The van der Waals surface area contributed by atoms with E-state index in [1.165, 1.54) is 29.4 Å². The summed E-state index contributed by atoms with van der Waals surface area (Å²) in [6, 6.07) is 7.26. The molecule has 1 fully saturated rings. The minimum atomic E-state index is -3.67. The molecule has 0 unspecified atom stereocenters. The second kappa shape index (κ2) is 8.63. The fraction of sp³-hybridized carbons (Fsp3) is 0.368. The Morgan fingerprint density at radius 3 is 2.72 bits per heavy atom. The number of anilines is 1. The lowest BCUT2D eigenvalue weighted by Crippen LogP contribution is -2.29. The van der Waals surface area contributed by atoms with Crippen LogP contribution in [0, 0.1) is 24.1 Å². The Labute approximate surface area is 168 Å². The first-order valence-corrected chi connectivity index (χ1v) is 10.6. The number of carbonyl (C=O) groups excluding carboxylic acids is 1. The smallest absolute Gasteiger partial charge is 0.287 e. The lowest BCUT2D eigenvalue weighted by Gasteiger charge is -2.14. The molecule has 1 aromatic carbocycles. The maximum atomic E-state index is 13.6. The molecule has 1 amide bonds. The molecule has 0 radical (unpaired) electrons. The van der Waals surface area contributed by atoms with Crippen molar-refractivity contribution in [3.05, 3.63) is 47.2 Å². The van der Waals surface area contributed by atoms with Gasteiger partial charge in [0, 0.05) is 32.2 Å². The molecule has 2 aromatic rings. The molecule has 154 valence electrons. The van der Waals surface area contributed by atoms with Crippen molar-refractivity contribution >= 4 is 21.6 Å². The summed E-state index contributed by atoms with van der Waals surface area (Å²) >= 11 is 0. The summed E-state index contributed by atoms with van der Waals surface area (Å²) in [4.78, 5) is 12.3. The second-order valence-electron chi connectivity index (χ2n) is 6.60. The average Bonchev–Trinajstić information content (AvgIpc) is 3.35. The summed E-state index contributed by atoms with van der Waals surface area (Å²) in [6.45, 7) is 2.83. The summed E-state index contributed by atoms with van der Waals surface area (Å²) in [5, 5.41) is 14.5. The highest BCUT2D eigenvalue weighted by Crippen LogP contribution is 2.26. The summed E-state index contributed by atoms with van der Waals surface area (Å²) in [7, 11) is -3.67. The van der Waals surface area contributed by atoms with Gasteiger partial charge in [-0.1, -0.05) is 6.07 Å². The van der Waals surface area contributed by atoms with Gasteiger partial charge in [-0.25, -0.2) is 12.8 Å². The summed E-state index contributed by atoms with van der Waals surface area (Å²) in [5.74, 6) is -1.11. The van der Waals surface area contributed by atoms with Crippen LogP contribution < -0.4 is 10.6 Å². The fourth-order valence-electron chi connectivity index (χ4n) is 3.15. The topological polar surface area (TPSA) is 115 Å². The molecule has 3 rings (SSSR count). The number of aryl methyl sites for hydroxylation is 1. The number of hydrogen-bond acceptors (Lipinski definition) is 6. The molecular formula is C19H21FN4O4S. The van der Waals surface area contributed by atoms with Crippen LogP contribution in [0.2, 0.25) is 0 Å². The van der Waals surface area contributed by atoms with E-state index in [0.717, 1.165) is 12.8 Å². The Kier molecular flexibility index (Phi) is 6.20. The first kappa shape index (κ1) is 20.8. The number of nitrogens with one attached hydrogen (secondary N) is 2. The summed E-state index contributed by atoms with van der Waals surface area (Å²) in [5.41, 5.74) is 0.229. The maximum Gasteiger partial charge on any atom is 0.287 e. The molecule has 10 heteroatoms. The van der Waals surface area contributed by atoms with Gasteiger partial charge in [0.15, 0.2) is 5.76 Å². The maximum absolute atomic E-state index is 13.6. The quantitative estimate of drug-likeness (QED) is 0.664. The van der Waals surface area contributed by atoms with Crippen molar-refractivity contribution in [1.82, 2.24) is 9.62 Å². The van der Waals surface area contributed by atoms with Gasteiger partial charge in [0.25, 0.3) is 5.91 Å². The van der Waals surface area contributed by atoms with E-state index in [-0.39, 0.29) is 35.1 Å². The molecular weight excluding hydrogens is 399 g/mol. The van der Waals surface area contributed by atoms with E-state index in [4.69, 9.17) is 9.68 Å². The summed E-state index contributed by atoms with van der Waals surface area (Å²) < 4.78 is 45.6.